The van der Waals surface area contributed by atoms with Crippen molar-refractivity contribution in [2.45, 2.75) is 6.18 Å². The van der Waals surface area contributed by atoms with E-state index < -0.39 is 17.8 Å². The van der Waals surface area contributed by atoms with E-state index in [0.29, 0.717) is 11.3 Å². The van der Waals surface area contributed by atoms with Gasteiger partial charge >= 0.3 is 6.18 Å². The Hall–Kier alpha value is -3.92. The average Bonchev–Trinajstić information content (AvgIpc) is 3.21. The molecular formula is C19H14F3N5O4S. The van der Waals surface area contributed by atoms with Gasteiger partial charge in [0.1, 0.15) is 12.1 Å². The van der Waals surface area contributed by atoms with Crippen molar-refractivity contribution in [1.82, 2.24) is 15.0 Å². The predicted octanol–water partition coefficient (Wildman–Crippen LogP) is 3.77. The van der Waals surface area contributed by atoms with Crippen molar-refractivity contribution in [2.75, 3.05) is 26.6 Å². The maximum absolute atomic E-state index is 13.7. The third kappa shape index (κ3) is 4.40. The quantitative estimate of drug-likeness (QED) is 0.584. The first-order chi connectivity index (χ1) is 15.2. The second kappa shape index (κ2) is 9.06. The van der Waals surface area contributed by atoms with E-state index in [-0.39, 0.29) is 44.2 Å². The van der Waals surface area contributed by atoms with Gasteiger partial charge in [-0.2, -0.15) is 18.4 Å². The van der Waals surface area contributed by atoms with Crippen molar-refractivity contribution in [3.05, 3.63) is 41.3 Å². The molecule has 13 heteroatoms. The van der Waals surface area contributed by atoms with Crippen molar-refractivity contribution in [1.29, 1.82) is 5.26 Å². The predicted molar refractivity (Wildman–Crippen MR) is 107 cm³/mol. The third-order valence-electron chi connectivity index (χ3n) is 4.08. The number of amides is 1. The number of alkyl halides is 3. The zero-order valence-electron chi connectivity index (χ0n) is 16.8. The van der Waals surface area contributed by atoms with Crippen molar-refractivity contribution < 1.29 is 32.2 Å². The minimum absolute atomic E-state index is 0.0517. The number of hydrogen-bond acceptors (Lipinski definition) is 9. The fourth-order valence-electron chi connectivity index (χ4n) is 2.71. The minimum atomic E-state index is -4.82. The Morgan fingerprint density at radius 3 is 2.31 bits per heavy atom. The number of nitriles is 1. The topological polar surface area (TPSA) is 119 Å². The molecule has 0 fully saturated rings. The number of methoxy groups -OCH3 is 3. The van der Waals surface area contributed by atoms with E-state index in [4.69, 9.17) is 19.5 Å². The van der Waals surface area contributed by atoms with Crippen LogP contribution in [0.1, 0.15) is 21.6 Å². The Morgan fingerprint density at radius 2 is 1.78 bits per heavy atom. The van der Waals surface area contributed by atoms with Crippen LogP contribution in [-0.2, 0) is 6.18 Å². The fraction of sp³-hybridized carbons (Fsp3) is 0.211. The lowest BCUT2D eigenvalue weighted by Gasteiger charge is -2.10. The van der Waals surface area contributed by atoms with Gasteiger partial charge in [-0.3, -0.25) is 10.1 Å². The highest BCUT2D eigenvalue weighted by molar-refractivity contribution is 7.19. The van der Waals surface area contributed by atoms with Gasteiger partial charge in [0.2, 0.25) is 11.8 Å². The van der Waals surface area contributed by atoms with Crippen LogP contribution in [0.5, 0.6) is 17.5 Å². The Bertz CT molecular complexity index is 1180. The first kappa shape index (κ1) is 22.8. The summed E-state index contributed by atoms with van der Waals surface area (Å²) in [6.07, 6.45) is -3.71. The number of thiazole rings is 1. The summed E-state index contributed by atoms with van der Waals surface area (Å²) in [4.78, 5) is 23.6. The molecule has 2 heterocycles. The Morgan fingerprint density at radius 1 is 1.12 bits per heavy atom. The molecule has 1 N–H and O–H groups in total. The van der Waals surface area contributed by atoms with E-state index in [0.717, 1.165) is 6.33 Å². The largest absolute Gasteiger partial charge is 0.496 e. The van der Waals surface area contributed by atoms with Crippen LogP contribution in [0.4, 0.5) is 18.3 Å². The van der Waals surface area contributed by atoms with Gasteiger partial charge in [-0.05, 0) is 18.2 Å². The molecule has 0 aliphatic carbocycles. The van der Waals surface area contributed by atoms with Gasteiger partial charge < -0.3 is 14.2 Å². The summed E-state index contributed by atoms with van der Waals surface area (Å²) in [6.45, 7) is 0. The maximum atomic E-state index is 13.7. The zero-order valence-corrected chi connectivity index (χ0v) is 17.6. The number of benzene rings is 1. The van der Waals surface area contributed by atoms with Crippen molar-refractivity contribution in [2.24, 2.45) is 0 Å². The molecule has 0 atom stereocenters. The highest BCUT2D eigenvalue weighted by Gasteiger charge is 2.39. The van der Waals surface area contributed by atoms with Gasteiger partial charge in [0.05, 0.1) is 37.8 Å². The van der Waals surface area contributed by atoms with Crippen molar-refractivity contribution in [3.8, 4) is 34.0 Å². The Labute approximate surface area is 183 Å². The third-order valence-corrected chi connectivity index (χ3v) is 5.09. The first-order valence-electron chi connectivity index (χ1n) is 8.64. The van der Waals surface area contributed by atoms with Gasteiger partial charge in [-0.25, -0.2) is 15.0 Å². The summed E-state index contributed by atoms with van der Waals surface area (Å²) in [5.41, 5.74) is -1.15. The summed E-state index contributed by atoms with van der Waals surface area (Å²) in [5, 5.41) is 11.0. The van der Waals surface area contributed by atoms with Crippen LogP contribution in [0, 0.1) is 11.3 Å². The van der Waals surface area contributed by atoms with Crippen molar-refractivity contribution in [3.63, 3.8) is 0 Å². The summed E-state index contributed by atoms with van der Waals surface area (Å²) in [6, 6.07) is 5.88. The van der Waals surface area contributed by atoms with Crippen LogP contribution in [-0.4, -0.2) is 42.2 Å². The van der Waals surface area contributed by atoms with Crippen molar-refractivity contribution >= 4 is 22.4 Å². The second-order valence-corrected chi connectivity index (χ2v) is 6.94. The van der Waals surface area contributed by atoms with Gasteiger partial charge in [-0.1, -0.05) is 11.3 Å². The molecule has 1 amide bonds. The van der Waals surface area contributed by atoms with Crippen LogP contribution < -0.4 is 19.5 Å². The molecule has 3 aromatic rings. The van der Waals surface area contributed by atoms with E-state index in [1.54, 1.807) is 0 Å². The number of nitrogens with zero attached hydrogens (tertiary/aromatic N) is 4. The highest BCUT2D eigenvalue weighted by Crippen LogP contribution is 2.45. The van der Waals surface area contributed by atoms with Crippen LogP contribution >= 0.6 is 11.3 Å². The second-order valence-electron chi connectivity index (χ2n) is 5.94. The minimum Gasteiger partial charge on any atom is -0.496 e. The molecule has 0 spiro atoms. The van der Waals surface area contributed by atoms with Gasteiger partial charge in [0, 0.05) is 5.56 Å². The number of hydrogen-bond donors (Lipinski definition) is 1. The Balaban J connectivity index is 2.08. The normalized spacial score (nSPS) is 10.9. The lowest BCUT2D eigenvalue weighted by Crippen LogP contribution is -2.16. The number of halogens is 3. The molecule has 2 aromatic heterocycles. The Kier molecular flexibility index (Phi) is 6.45. The molecule has 0 unspecified atom stereocenters. The van der Waals surface area contributed by atoms with E-state index >= 15 is 0 Å². The van der Waals surface area contributed by atoms with E-state index in [1.807, 2.05) is 6.07 Å². The van der Waals surface area contributed by atoms with E-state index in [9.17, 15) is 18.0 Å². The number of ether oxygens (including phenoxy) is 3. The maximum Gasteiger partial charge on any atom is 0.434 e. The van der Waals surface area contributed by atoms with Crippen LogP contribution in [0.3, 0.4) is 0 Å². The summed E-state index contributed by atoms with van der Waals surface area (Å²) >= 11 is 0.584. The van der Waals surface area contributed by atoms with E-state index in [2.05, 4.69) is 20.3 Å². The molecule has 166 valence electrons. The molecule has 0 aliphatic heterocycles. The molecule has 0 saturated heterocycles. The number of carbonyl (C=O) groups is 1. The lowest BCUT2D eigenvalue weighted by atomic mass is 10.1. The molecular weight excluding hydrogens is 451 g/mol. The number of anilines is 1. The number of carbonyl (C=O) groups excluding carboxylic acids is 1. The van der Waals surface area contributed by atoms with E-state index in [1.165, 1.54) is 39.5 Å². The molecule has 0 radical (unpaired) electrons. The van der Waals surface area contributed by atoms with Crippen LogP contribution in [0.15, 0.2) is 24.5 Å². The SMILES string of the molecule is COc1cc(C#N)ccc1-c1sc(NC(=O)c2c(OC)ncnc2OC)nc1C(F)(F)F. The summed E-state index contributed by atoms with van der Waals surface area (Å²) in [5.74, 6) is -1.08. The molecule has 32 heavy (non-hydrogen) atoms. The average molecular weight is 465 g/mol. The number of rotatable bonds is 6. The molecule has 1 aromatic carbocycles. The van der Waals surface area contributed by atoms with Gasteiger partial charge in [0.15, 0.2) is 16.4 Å². The molecule has 0 bridgehead atoms. The monoisotopic (exact) mass is 465 g/mol. The lowest BCUT2D eigenvalue weighted by molar-refractivity contribution is -0.140. The molecule has 0 saturated carbocycles. The molecule has 3 rings (SSSR count). The smallest absolute Gasteiger partial charge is 0.434 e. The standard InChI is InChI=1S/C19H14F3N5O4S/c1-29-11-6-9(7-23)4-5-10(11)13-14(19(20,21)22)26-18(32-13)27-15(28)12-16(30-2)24-8-25-17(12)31-3/h4-6,8H,1-3H3,(H,26,27,28). The number of nitrogens with one attached hydrogen (secondary N) is 1. The number of aromatic nitrogens is 3. The molecule has 9 nitrogen and oxygen atoms in total. The highest BCUT2D eigenvalue weighted by atomic mass is 32.1. The van der Waals surface area contributed by atoms with Gasteiger partial charge in [0.25, 0.3) is 5.91 Å². The van der Waals surface area contributed by atoms with Gasteiger partial charge in [-0.15, -0.1) is 0 Å². The zero-order chi connectivity index (χ0) is 23.5. The first-order valence-corrected chi connectivity index (χ1v) is 9.46. The van der Waals surface area contributed by atoms with Crippen LogP contribution in [0.25, 0.3) is 10.4 Å². The van der Waals surface area contributed by atoms with Crippen LogP contribution in [0.2, 0.25) is 0 Å². The summed E-state index contributed by atoms with van der Waals surface area (Å²) < 4.78 is 56.3. The fourth-order valence-corrected chi connectivity index (χ4v) is 3.72. The summed E-state index contributed by atoms with van der Waals surface area (Å²) in [7, 11) is 3.79. The molecule has 0 aliphatic rings.